The highest BCUT2D eigenvalue weighted by molar-refractivity contribution is 5.54. The summed E-state index contributed by atoms with van der Waals surface area (Å²) < 4.78 is 6.70. The maximum absolute atomic E-state index is 6.70. The van der Waals surface area contributed by atoms with Crippen molar-refractivity contribution in [2.45, 2.75) is 132 Å². The van der Waals surface area contributed by atoms with Crippen LogP contribution in [0.2, 0.25) is 0 Å². The molecular formula is C37H62N2O. The number of benzene rings is 1. The molecule has 0 heterocycles. The Hall–Kier alpha value is -1.22. The normalized spacial score (nSPS) is 39.4. The van der Waals surface area contributed by atoms with Gasteiger partial charge in [-0.2, -0.15) is 0 Å². The third kappa shape index (κ3) is 5.47. The Kier molecular flexibility index (Phi) is 8.67. The van der Waals surface area contributed by atoms with E-state index in [2.05, 4.69) is 48.5 Å². The first-order valence-corrected chi connectivity index (χ1v) is 17.1. The van der Waals surface area contributed by atoms with Crippen LogP contribution >= 0.6 is 0 Å². The van der Waals surface area contributed by atoms with Gasteiger partial charge in [0.25, 0.3) is 0 Å². The van der Waals surface area contributed by atoms with Crippen LogP contribution in [0.5, 0.6) is 0 Å². The minimum absolute atomic E-state index is 0.219. The van der Waals surface area contributed by atoms with E-state index < -0.39 is 0 Å². The lowest BCUT2D eigenvalue weighted by Gasteiger charge is -2.65. The summed E-state index contributed by atoms with van der Waals surface area (Å²) in [5.41, 5.74) is 16.0. The topological polar surface area (TPSA) is 61.3 Å². The summed E-state index contributed by atoms with van der Waals surface area (Å²) in [5, 5.41) is 0. The Labute approximate surface area is 247 Å². The van der Waals surface area contributed by atoms with Crippen molar-refractivity contribution in [3.8, 4) is 0 Å². The number of nitrogen functional groups attached to an aromatic ring is 2. The second-order valence-electron chi connectivity index (χ2n) is 16.5. The van der Waals surface area contributed by atoms with E-state index >= 15 is 0 Å². The second kappa shape index (κ2) is 11.5. The maximum atomic E-state index is 6.70. The summed E-state index contributed by atoms with van der Waals surface area (Å²) in [4.78, 5) is 0. The van der Waals surface area contributed by atoms with Crippen LogP contribution < -0.4 is 11.5 Å². The summed E-state index contributed by atoms with van der Waals surface area (Å²) >= 11 is 0. The van der Waals surface area contributed by atoms with Gasteiger partial charge in [0.15, 0.2) is 0 Å². The molecule has 4 aliphatic rings. The second-order valence-corrected chi connectivity index (χ2v) is 16.5. The van der Waals surface area contributed by atoms with Gasteiger partial charge in [-0.3, -0.25) is 0 Å². The Balaban J connectivity index is 1.23. The maximum Gasteiger partial charge on any atom is 0.0629 e. The van der Waals surface area contributed by atoms with E-state index in [1.807, 2.05) is 18.2 Å². The van der Waals surface area contributed by atoms with Gasteiger partial charge in [-0.1, -0.05) is 67.7 Å². The van der Waals surface area contributed by atoms with E-state index in [-0.39, 0.29) is 5.41 Å². The molecule has 0 spiro atoms. The van der Waals surface area contributed by atoms with Gasteiger partial charge in [0.1, 0.15) is 0 Å². The summed E-state index contributed by atoms with van der Waals surface area (Å²) in [6.07, 6.45) is 16.8. The summed E-state index contributed by atoms with van der Waals surface area (Å²) in [6.45, 7) is 18.7. The molecule has 40 heavy (non-hydrogen) atoms. The molecule has 0 aliphatic heterocycles. The fraction of sp³-hybridized carbons (Fsp3) is 0.838. The van der Waals surface area contributed by atoms with E-state index in [0.29, 0.717) is 16.9 Å². The number of rotatable bonds is 9. The molecule has 4 fully saturated rings. The number of hydrogen-bond donors (Lipinski definition) is 2. The average Bonchev–Trinajstić information content (AvgIpc) is 3.22. The highest BCUT2D eigenvalue weighted by Crippen LogP contribution is 2.70. The third-order valence-electron chi connectivity index (χ3n) is 13.5. The molecule has 1 aromatic carbocycles. The number of hydrogen-bond acceptors (Lipinski definition) is 3. The third-order valence-corrected chi connectivity index (χ3v) is 13.5. The quantitative estimate of drug-likeness (QED) is 0.301. The van der Waals surface area contributed by atoms with E-state index in [1.54, 1.807) is 0 Å². The first-order chi connectivity index (χ1) is 18.9. The van der Waals surface area contributed by atoms with Gasteiger partial charge in [0.05, 0.1) is 12.7 Å². The molecule has 0 bridgehead atoms. The van der Waals surface area contributed by atoms with Crippen LogP contribution in [-0.2, 0) is 11.2 Å². The largest absolute Gasteiger partial charge is 0.399 e. The Morgan fingerprint density at radius 3 is 2.17 bits per heavy atom. The van der Waals surface area contributed by atoms with Crippen molar-refractivity contribution in [1.82, 2.24) is 0 Å². The molecule has 0 radical (unpaired) electrons. The van der Waals surface area contributed by atoms with Crippen molar-refractivity contribution in [3.05, 3.63) is 23.8 Å². The zero-order valence-electron chi connectivity index (χ0n) is 27.1. The fourth-order valence-corrected chi connectivity index (χ4v) is 11.6. The van der Waals surface area contributed by atoms with E-state index in [0.717, 1.165) is 65.8 Å². The molecule has 4 aliphatic carbocycles. The molecule has 4 saturated carbocycles. The molecule has 3 unspecified atom stereocenters. The fourth-order valence-electron chi connectivity index (χ4n) is 11.6. The van der Waals surface area contributed by atoms with Gasteiger partial charge in [0, 0.05) is 11.4 Å². The summed E-state index contributed by atoms with van der Waals surface area (Å²) in [7, 11) is 0. The van der Waals surface area contributed by atoms with Crippen molar-refractivity contribution >= 4 is 11.4 Å². The van der Waals surface area contributed by atoms with E-state index in [9.17, 15) is 0 Å². The minimum atomic E-state index is 0.219. The number of anilines is 2. The lowest BCUT2D eigenvalue weighted by Crippen LogP contribution is -2.59. The Morgan fingerprint density at radius 1 is 0.800 bits per heavy atom. The molecule has 0 aromatic heterocycles. The Morgan fingerprint density at radius 2 is 1.48 bits per heavy atom. The van der Waals surface area contributed by atoms with Crippen molar-refractivity contribution in [3.63, 3.8) is 0 Å². The van der Waals surface area contributed by atoms with Crippen LogP contribution in [0, 0.1) is 57.7 Å². The molecule has 3 nitrogen and oxygen atoms in total. The zero-order valence-corrected chi connectivity index (χ0v) is 27.1. The highest BCUT2D eigenvalue weighted by Gasteiger charge is 2.63. The standard InChI is InChI=1S/C37H62N2O/c1-24(2)9-8-10-25(3)30-12-13-31-29-11-14-33-35(4,5)34(40-20-17-26-21-27(38)23-28(39)22-26)16-19-37(33,7)32(29)15-18-36(30,31)6/h21-25,29-34H,8-20,38-39H2,1-7H3/t25?,29-,30+,31-,32-,33?,34?,36+,37+/m0/s1. The van der Waals surface area contributed by atoms with Crippen LogP contribution in [0.4, 0.5) is 11.4 Å². The number of ether oxygens (including phenoxy) is 1. The van der Waals surface area contributed by atoms with Crippen molar-refractivity contribution in [2.75, 3.05) is 18.1 Å². The Bertz CT molecular complexity index is 997. The van der Waals surface area contributed by atoms with Crippen LogP contribution in [-0.4, -0.2) is 12.7 Å². The molecule has 1 aromatic rings. The van der Waals surface area contributed by atoms with Gasteiger partial charge in [-0.05, 0) is 139 Å². The lowest BCUT2D eigenvalue weighted by molar-refractivity contribution is -0.190. The number of fused-ring (bicyclic) bond motifs is 5. The van der Waals surface area contributed by atoms with E-state index in [1.165, 1.54) is 76.2 Å². The van der Waals surface area contributed by atoms with Gasteiger partial charge in [-0.15, -0.1) is 0 Å². The van der Waals surface area contributed by atoms with Gasteiger partial charge in [0.2, 0.25) is 0 Å². The monoisotopic (exact) mass is 550 g/mol. The first-order valence-electron chi connectivity index (χ1n) is 17.1. The molecule has 5 rings (SSSR count). The van der Waals surface area contributed by atoms with Crippen molar-refractivity contribution < 1.29 is 4.74 Å². The SMILES string of the molecule is CC(C)CCCC(C)[C@H]1CC[C@H]2[C@@H]3CCC4C(C)(C)C(OCCc5cc(N)cc(N)c5)CC[C@]4(C)[C@H]3CC[C@]12C. The predicted molar refractivity (Wildman–Crippen MR) is 171 cm³/mol. The summed E-state index contributed by atoms with van der Waals surface area (Å²) in [5.74, 6) is 6.28. The van der Waals surface area contributed by atoms with Crippen LogP contribution in [0.25, 0.3) is 0 Å². The molecule has 4 N–H and O–H groups in total. The van der Waals surface area contributed by atoms with Gasteiger partial charge < -0.3 is 16.2 Å². The smallest absolute Gasteiger partial charge is 0.0629 e. The van der Waals surface area contributed by atoms with Crippen LogP contribution in [0.15, 0.2) is 18.2 Å². The van der Waals surface area contributed by atoms with Gasteiger partial charge >= 0.3 is 0 Å². The van der Waals surface area contributed by atoms with E-state index in [4.69, 9.17) is 16.2 Å². The van der Waals surface area contributed by atoms with Crippen LogP contribution in [0.1, 0.15) is 125 Å². The average molecular weight is 551 g/mol. The lowest BCUT2D eigenvalue weighted by atomic mass is 9.41. The first kappa shape index (κ1) is 30.2. The molecule has 0 amide bonds. The van der Waals surface area contributed by atoms with Crippen molar-refractivity contribution in [1.29, 1.82) is 0 Å². The van der Waals surface area contributed by atoms with Crippen LogP contribution in [0.3, 0.4) is 0 Å². The molecular weight excluding hydrogens is 488 g/mol. The minimum Gasteiger partial charge on any atom is -0.399 e. The molecule has 3 heteroatoms. The number of nitrogens with two attached hydrogens (primary N) is 2. The molecule has 9 atom stereocenters. The summed E-state index contributed by atoms with van der Waals surface area (Å²) in [6, 6.07) is 5.92. The zero-order chi connectivity index (χ0) is 28.9. The molecule has 0 saturated heterocycles. The molecule has 226 valence electrons. The highest BCUT2D eigenvalue weighted by atomic mass is 16.5. The van der Waals surface area contributed by atoms with Gasteiger partial charge in [-0.25, -0.2) is 0 Å². The van der Waals surface area contributed by atoms with Crippen molar-refractivity contribution in [2.24, 2.45) is 57.7 Å². The predicted octanol–water partition coefficient (Wildman–Crippen LogP) is 9.54.